The highest BCUT2D eigenvalue weighted by Gasteiger charge is 2.33. The predicted molar refractivity (Wildman–Crippen MR) is 70.7 cm³/mol. The molecular formula is C14H13F2NO5. The summed E-state index contributed by atoms with van der Waals surface area (Å²) in [5.74, 6) is -3.18. The molecule has 0 N–H and O–H groups in total. The summed E-state index contributed by atoms with van der Waals surface area (Å²) in [6.07, 6.45) is 0. The van der Waals surface area contributed by atoms with Crippen molar-refractivity contribution in [3.8, 4) is 0 Å². The lowest BCUT2D eigenvalue weighted by Gasteiger charge is -2.31. The highest BCUT2D eigenvalue weighted by molar-refractivity contribution is 6.03. The first-order valence-electron chi connectivity index (χ1n) is 6.19. The lowest BCUT2D eigenvalue weighted by molar-refractivity contribution is -0.140. The van der Waals surface area contributed by atoms with Gasteiger partial charge in [0.1, 0.15) is 24.1 Å². The summed E-state index contributed by atoms with van der Waals surface area (Å²) in [7, 11) is 2.24. The standard InChI is InChI=1S/C14H13F2NO5/c1-20-13(18)9-6-22-7-17(12(9)14(19)21-2)11-5-8(15)3-4-10(11)16/h3-5H,6-7H2,1-2H3. The average Bonchev–Trinajstić information content (AvgIpc) is 2.54. The molecule has 0 saturated carbocycles. The van der Waals surface area contributed by atoms with Crippen molar-refractivity contribution < 1.29 is 32.6 Å². The van der Waals surface area contributed by atoms with Gasteiger partial charge in [0, 0.05) is 6.07 Å². The van der Waals surface area contributed by atoms with Crippen molar-refractivity contribution in [3.63, 3.8) is 0 Å². The Morgan fingerprint density at radius 2 is 1.86 bits per heavy atom. The number of esters is 2. The van der Waals surface area contributed by atoms with E-state index in [9.17, 15) is 18.4 Å². The maximum Gasteiger partial charge on any atom is 0.355 e. The Bertz CT molecular complexity index is 644. The molecule has 8 heteroatoms. The number of carbonyl (C=O) groups is 2. The lowest BCUT2D eigenvalue weighted by atomic mass is 10.1. The second kappa shape index (κ2) is 6.52. The smallest absolute Gasteiger partial charge is 0.355 e. The number of hydrogen-bond acceptors (Lipinski definition) is 6. The fraction of sp³-hybridized carbons (Fsp3) is 0.286. The normalized spacial score (nSPS) is 14.8. The molecule has 0 bridgehead atoms. The van der Waals surface area contributed by atoms with Crippen LogP contribution in [-0.4, -0.2) is 39.5 Å². The van der Waals surface area contributed by atoms with Crippen LogP contribution in [0.4, 0.5) is 14.5 Å². The van der Waals surface area contributed by atoms with Gasteiger partial charge in [-0.25, -0.2) is 18.4 Å². The molecule has 0 amide bonds. The van der Waals surface area contributed by atoms with Gasteiger partial charge >= 0.3 is 11.9 Å². The Morgan fingerprint density at radius 1 is 1.18 bits per heavy atom. The Balaban J connectivity index is 2.60. The van der Waals surface area contributed by atoms with E-state index in [0.29, 0.717) is 0 Å². The maximum absolute atomic E-state index is 14.0. The number of benzene rings is 1. The minimum atomic E-state index is -0.882. The first kappa shape index (κ1) is 15.9. The van der Waals surface area contributed by atoms with Gasteiger partial charge in [-0.2, -0.15) is 0 Å². The largest absolute Gasteiger partial charge is 0.466 e. The molecule has 0 aliphatic carbocycles. The van der Waals surface area contributed by atoms with Crippen molar-refractivity contribution in [3.05, 3.63) is 41.1 Å². The zero-order valence-corrected chi connectivity index (χ0v) is 11.9. The zero-order chi connectivity index (χ0) is 16.3. The third-order valence-electron chi connectivity index (χ3n) is 3.03. The van der Waals surface area contributed by atoms with Crippen LogP contribution in [0.15, 0.2) is 29.5 Å². The monoisotopic (exact) mass is 313 g/mol. The lowest BCUT2D eigenvalue weighted by Crippen LogP contribution is -2.39. The molecule has 0 aromatic heterocycles. The zero-order valence-electron chi connectivity index (χ0n) is 11.9. The molecule has 0 radical (unpaired) electrons. The SMILES string of the molecule is COC(=O)C1=C(C(=O)OC)N(c2cc(F)ccc2F)COC1. The molecule has 1 heterocycles. The van der Waals surface area contributed by atoms with E-state index < -0.39 is 23.6 Å². The van der Waals surface area contributed by atoms with E-state index >= 15 is 0 Å². The van der Waals surface area contributed by atoms with Crippen molar-refractivity contribution in [2.45, 2.75) is 0 Å². The minimum Gasteiger partial charge on any atom is -0.466 e. The summed E-state index contributed by atoms with van der Waals surface area (Å²) in [5, 5.41) is 0. The van der Waals surface area contributed by atoms with E-state index in [1.54, 1.807) is 0 Å². The Hall–Kier alpha value is -2.48. The molecule has 0 saturated heterocycles. The Labute approximate surface area is 124 Å². The first-order chi connectivity index (χ1) is 10.5. The van der Waals surface area contributed by atoms with Gasteiger partial charge in [-0.1, -0.05) is 0 Å². The Kier molecular flexibility index (Phi) is 4.71. The Morgan fingerprint density at radius 3 is 2.50 bits per heavy atom. The van der Waals surface area contributed by atoms with Crippen LogP contribution < -0.4 is 4.90 Å². The summed E-state index contributed by atoms with van der Waals surface area (Å²) < 4.78 is 41.7. The van der Waals surface area contributed by atoms with Crippen molar-refractivity contribution >= 4 is 17.6 Å². The van der Waals surface area contributed by atoms with Gasteiger partial charge < -0.3 is 19.1 Å². The second-order valence-corrected chi connectivity index (χ2v) is 4.31. The fourth-order valence-electron chi connectivity index (χ4n) is 2.03. The van der Waals surface area contributed by atoms with E-state index in [2.05, 4.69) is 9.47 Å². The second-order valence-electron chi connectivity index (χ2n) is 4.31. The number of methoxy groups -OCH3 is 2. The van der Waals surface area contributed by atoms with Crippen LogP contribution in [0.5, 0.6) is 0 Å². The third-order valence-corrected chi connectivity index (χ3v) is 3.03. The van der Waals surface area contributed by atoms with Gasteiger partial charge in [-0.05, 0) is 12.1 Å². The van der Waals surface area contributed by atoms with Gasteiger partial charge in [-0.15, -0.1) is 0 Å². The van der Waals surface area contributed by atoms with Crippen LogP contribution in [0.1, 0.15) is 0 Å². The first-order valence-corrected chi connectivity index (χ1v) is 6.19. The number of anilines is 1. The van der Waals surface area contributed by atoms with E-state index in [0.717, 1.165) is 37.3 Å². The number of carbonyl (C=O) groups excluding carboxylic acids is 2. The summed E-state index contributed by atoms with van der Waals surface area (Å²) >= 11 is 0. The average molecular weight is 313 g/mol. The van der Waals surface area contributed by atoms with Crippen LogP contribution in [0, 0.1) is 11.6 Å². The van der Waals surface area contributed by atoms with Gasteiger partial charge in [0.2, 0.25) is 0 Å². The van der Waals surface area contributed by atoms with E-state index in [1.807, 2.05) is 0 Å². The minimum absolute atomic E-state index is 0.135. The molecule has 6 nitrogen and oxygen atoms in total. The van der Waals surface area contributed by atoms with E-state index in [4.69, 9.17) is 4.74 Å². The van der Waals surface area contributed by atoms with Crippen LogP contribution >= 0.6 is 0 Å². The van der Waals surface area contributed by atoms with Crippen molar-refractivity contribution in [1.82, 2.24) is 0 Å². The number of rotatable bonds is 3. The molecule has 0 spiro atoms. The molecule has 1 aliphatic heterocycles. The van der Waals surface area contributed by atoms with Crippen molar-refractivity contribution in [2.75, 3.05) is 32.5 Å². The number of halogens is 2. The molecular weight excluding hydrogens is 300 g/mol. The summed E-state index contributed by atoms with van der Waals surface area (Å²) in [4.78, 5) is 24.8. The molecule has 0 atom stereocenters. The molecule has 2 rings (SSSR count). The van der Waals surface area contributed by atoms with Crippen LogP contribution in [0.2, 0.25) is 0 Å². The summed E-state index contributed by atoms with van der Waals surface area (Å²) in [6.45, 7) is -0.449. The summed E-state index contributed by atoms with van der Waals surface area (Å²) in [6, 6.07) is 2.74. The summed E-state index contributed by atoms with van der Waals surface area (Å²) in [5.41, 5.74) is -0.629. The molecule has 22 heavy (non-hydrogen) atoms. The maximum atomic E-state index is 14.0. The van der Waals surface area contributed by atoms with Crippen molar-refractivity contribution in [2.24, 2.45) is 0 Å². The van der Waals surface area contributed by atoms with Gasteiger partial charge in [0.15, 0.2) is 0 Å². The molecule has 0 unspecified atom stereocenters. The quantitative estimate of drug-likeness (QED) is 0.785. The van der Waals surface area contributed by atoms with E-state index in [1.165, 1.54) is 0 Å². The highest BCUT2D eigenvalue weighted by Crippen LogP contribution is 2.29. The van der Waals surface area contributed by atoms with Crippen LogP contribution in [0.25, 0.3) is 0 Å². The fourth-order valence-corrected chi connectivity index (χ4v) is 2.03. The number of ether oxygens (including phenoxy) is 3. The molecule has 0 fully saturated rings. The van der Waals surface area contributed by atoms with Crippen LogP contribution in [0.3, 0.4) is 0 Å². The number of nitrogens with zero attached hydrogens (tertiary/aromatic N) is 1. The topological polar surface area (TPSA) is 65.1 Å². The van der Waals surface area contributed by atoms with Gasteiger partial charge in [-0.3, -0.25) is 0 Å². The van der Waals surface area contributed by atoms with Crippen LogP contribution in [-0.2, 0) is 23.8 Å². The highest BCUT2D eigenvalue weighted by atomic mass is 19.1. The predicted octanol–water partition coefficient (Wildman–Crippen LogP) is 1.36. The molecule has 118 valence electrons. The molecule has 1 aromatic carbocycles. The number of hydrogen-bond donors (Lipinski definition) is 0. The molecule has 1 aliphatic rings. The van der Waals surface area contributed by atoms with Crippen molar-refractivity contribution in [1.29, 1.82) is 0 Å². The van der Waals surface area contributed by atoms with Gasteiger partial charge in [0.25, 0.3) is 0 Å². The third kappa shape index (κ3) is 2.91. The van der Waals surface area contributed by atoms with E-state index in [-0.39, 0.29) is 30.3 Å². The molecule has 1 aromatic rings. The van der Waals surface area contributed by atoms with Gasteiger partial charge in [0.05, 0.1) is 32.1 Å².